The Kier molecular flexibility index (Phi) is 7.47. The molecular formula is C15H23ClN2O4S. The number of hydrogen-bond donors (Lipinski definition) is 1. The molecule has 0 saturated carbocycles. The first-order valence-corrected chi connectivity index (χ1v) is 8.85. The molecule has 1 fully saturated rings. The van der Waals surface area contributed by atoms with Gasteiger partial charge in [0, 0.05) is 13.1 Å². The van der Waals surface area contributed by atoms with Crippen LogP contribution in [0.3, 0.4) is 0 Å². The van der Waals surface area contributed by atoms with E-state index in [-0.39, 0.29) is 17.3 Å². The summed E-state index contributed by atoms with van der Waals surface area (Å²) >= 11 is 0. The lowest BCUT2D eigenvalue weighted by Gasteiger charge is -2.16. The van der Waals surface area contributed by atoms with Gasteiger partial charge in [-0.15, -0.1) is 12.4 Å². The highest BCUT2D eigenvalue weighted by molar-refractivity contribution is 7.89. The van der Waals surface area contributed by atoms with Crippen LogP contribution in [0.25, 0.3) is 0 Å². The zero-order valence-corrected chi connectivity index (χ0v) is 15.0. The largest absolute Gasteiger partial charge is 0.462 e. The van der Waals surface area contributed by atoms with E-state index in [1.54, 1.807) is 6.92 Å². The van der Waals surface area contributed by atoms with E-state index in [4.69, 9.17) is 4.74 Å². The van der Waals surface area contributed by atoms with Crippen LogP contribution in [-0.2, 0) is 14.8 Å². The fraction of sp³-hybridized carbons (Fsp3) is 0.533. The molecule has 2 rings (SSSR count). The molecule has 1 N–H and O–H groups in total. The molecule has 8 heteroatoms. The minimum atomic E-state index is -3.49. The third-order valence-electron chi connectivity index (χ3n) is 3.74. The predicted octanol–water partition coefficient (Wildman–Crippen LogP) is 1.52. The van der Waals surface area contributed by atoms with E-state index < -0.39 is 16.0 Å². The second kappa shape index (κ2) is 8.63. The molecule has 0 spiro atoms. The summed E-state index contributed by atoms with van der Waals surface area (Å²) in [5, 5.41) is 3.08. The first kappa shape index (κ1) is 19.9. The van der Waals surface area contributed by atoms with Crippen LogP contribution in [-0.4, -0.2) is 52.0 Å². The van der Waals surface area contributed by atoms with Crippen molar-refractivity contribution in [2.45, 2.75) is 18.2 Å². The summed E-state index contributed by atoms with van der Waals surface area (Å²) in [4.78, 5) is 11.8. The fourth-order valence-electron chi connectivity index (χ4n) is 2.60. The van der Waals surface area contributed by atoms with E-state index in [2.05, 4.69) is 5.32 Å². The Morgan fingerprint density at radius 1 is 1.35 bits per heavy atom. The molecule has 0 aliphatic carbocycles. The molecule has 0 radical (unpaired) electrons. The Morgan fingerprint density at radius 2 is 2.00 bits per heavy atom. The van der Waals surface area contributed by atoms with Gasteiger partial charge in [-0.05, 0) is 57.1 Å². The van der Waals surface area contributed by atoms with Crippen LogP contribution in [0.4, 0.5) is 0 Å². The number of carbonyl (C=O) groups excluding carboxylic acids is 1. The van der Waals surface area contributed by atoms with E-state index in [1.165, 1.54) is 28.6 Å². The number of benzene rings is 1. The Balaban J connectivity index is 0.00000264. The van der Waals surface area contributed by atoms with Gasteiger partial charge >= 0.3 is 5.97 Å². The predicted molar refractivity (Wildman–Crippen MR) is 90.4 cm³/mol. The molecule has 1 saturated heterocycles. The van der Waals surface area contributed by atoms with Crippen molar-refractivity contribution in [3.8, 4) is 0 Å². The van der Waals surface area contributed by atoms with Crippen molar-refractivity contribution < 1.29 is 17.9 Å². The van der Waals surface area contributed by atoms with E-state index in [9.17, 15) is 13.2 Å². The minimum absolute atomic E-state index is 0. The van der Waals surface area contributed by atoms with E-state index >= 15 is 0 Å². The SMILES string of the molecule is CCOC(=O)c1ccc(S(=O)(=O)N2CCC(CNC)C2)cc1.Cl. The number of esters is 1. The van der Waals surface area contributed by atoms with Crippen LogP contribution >= 0.6 is 12.4 Å². The number of ether oxygens (including phenoxy) is 1. The van der Waals surface area contributed by atoms with Crippen molar-refractivity contribution in [1.82, 2.24) is 9.62 Å². The van der Waals surface area contributed by atoms with Crippen molar-refractivity contribution in [2.24, 2.45) is 5.92 Å². The maximum absolute atomic E-state index is 12.6. The van der Waals surface area contributed by atoms with Crippen LogP contribution in [0.2, 0.25) is 0 Å². The first-order valence-electron chi connectivity index (χ1n) is 7.41. The van der Waals surface area contributed by atoms with Crippen LogP contribution in [0.5, 0.6) is 0 Å². The molecule has 1 aromatic carbocycles. The topological polar surface area (TPSA) is 75.7 Å². The normalized spacial score (nSPS) is 18.4. The lowest BCUT2D eigenvalue weighted by molar-refractivity contribution is 0.0526. The zero-order valence-electron chi connectivity index (χ0n) is 13.3. The van der Waals surface area contributed by atoms with Gasteiger partial charge in [0.2, 0.25) is 10.0 Å². The van der Waals surface area contributed by atoms with E-state index in [0.29, 0.717) is 31.2 Å². The van der Waals surface area contributed by atoms with Gasteiger partial charge in [0.1, 0.15) is 0 Å². The number of halogens is 1. The highest BCUT2D eigenvalue weighted by Crippen LogP contribution is 2.24. The molecule has 130 valence electrons. The third kappa shape index (κ3) is 4.67. The van der Waals surface area contributed by atoms with Crippen molar-refractivity contribution in [3.05, 3.63) is 29.8 Å². The zero-order chi connectivity index (χ0) is 16.2. The monoisotopic (exact) mass is 362 g/mol. The number of hydrogen-bond acceptors (Lipinski definition) is 5. The number of carbonyl (C=O) groups is 1. The number of nitrogens with zero attached hydrogens (tertiary/aromatic N) is 1. The summed E-state index contributed by atoms with van der Waals surface area (Å²) in [6, 6.07) is 5.91. The Bertz CT molecular complexity index is 619. The minimum Gasteiger partial charge on any atom is -0.462 e. The second-order valence-corrected chi connectivity index (χ2v) is 7.26. The Labute approximate surface area is 143 Å². The second-order valence-electron chi connectivity index (χ2n) is 5.32. The summed E-state index contributed by atoms with van der Waals surface area (Å²) in [5.41, 5.74) is 0.357. The molecule has 1 unspecified atom stereocenters. The van der Waals surface area contributed by atoms with E-state index in [1.807, 2.05) is 7.05 Å². The van der Waals surface area contributed by atoms with Gasteiger partial charge < -0.3 is 10.1 Å². The molecule has 1 aliphatic heterocycles. The van der Waals surface area contributed by atoms with Crippen molar-refractivity contribution in [3.63, 3.8) is 0 Å². The Hall–Kier alpha value is -1.15. The van der Waals surface area contributed by atoms with Crippen molar-refractivity contribution >= 4 is 28.4 Å². The van der Waals surface area contributed by atoms with Crippen LogP contribution in [0, 0.1) is 5.92 Å². The van der Waals surface area contributed by atoms with Gasteiger partial charge in [-0.1, -0.05) is 0 Å². The van der Waals surface area contributed by atoms with Gasteiger partial charge in [0.25, 0.3) is 0 Å². The molecule has 23 heavy (non-hydrogen) atoms. The molecule has 1 atom stereocenters. The fourth-order valence-corrected chi connectivity index (χ4v) is 4.13. The van der Waals surface area contributed by atoms with E-state index in [0.717, 1.165) is 13.0 Å². The summed E-state index contributed by atoms with van der Waals surface area (Å²) in [7, 11) is -1.62. The smallest absolute Gasteiger partial charge is 0.338 e. The molecule has 6 nitrogen and oxygen atoms in total. The highest BCUT2D eigenvalue weighted by Gasteiger charge is 2.32. The molecule has 0 aromatic heterocycles. The summed E-state index contributed by atoms with van der Waals surface area (Å²) in [5.74, 6) is -0.0970. The van der Waals surface area contributed by atoms with Gasteiger partial charge in [-0.25, -0.2) is 13.2 Å². The molecular weight excluding hydrogens is 340 g/mol. The number of sulfonamides is 1. The molecule has 1 aliphatic rings. The van der Waals surface area contributed by atoms with Crippen LogP contribution in [0.15, 0.2) is 29.2 Å². The average Bonchev–Trinajstić information content (AvgIpc) is 2.97. The van der Waals surface area contributed by atoms with Crippen LogP contribution in [0.1, 0.15) is 23.7 Å². The molecule has 0 bridgehead atoms. The van der Waals surface area contributed by atoms with Gasteiger partial charge in [-0.3, -0.25) is 0 Å². The van der Waals surface area contributed by atoms with Gasteiger partial charge in [0.15, 0.2) is 0 Å². The number of rotatable bonds is 6. The highest BCUT2D eigenvalue weighted by atomic mass is 35.5. The molecule has 1 heterocycles. The quantitative estimate of drug-likeness (QED) is 0.776. The number of nitrogens with one attached hydrogen (secondary N) is 1. The van der Waals surface area contributed by atoms with Gasteiger partial charge in [-0.2, -0.15) is 4.31 Å². The van der Waals surface area contributed by atoms with Crippen LogP contribution < -0.4 is 5.32 Å². The third-order valence-corrected chi connectivity index (χ3v) is 5.62. The maximum Gasteiger partial charge on any atom is 0.338 e. The lowest BCUT2D eigenvalue weighted by atomic mass is 10.1. The Morgan fingerprint density at radius 3 is 2.57 bits per heavy atom. The lowest BCUT2D eigenvalue weighted by Crippen LogP contribution is -2.30. The summed E-state index contributed by atoms with van der Waals surface area (Å²) in [6.07, 6.45) is 0.862. The van der Waals surface area contributed by atoms with Gasteiger partial charge in [0.05, 0.1) is 17.1 Å². The van der Waals surface area contributed by atoms with Crippen molar-refractivity contribution in [2.75, 3.05) is 33.3 Å². The first-order chi connectivity index (χ1) is 10.5. The maximum atomic E-state index is 12.6. The summed E-state index contributed by atoms with van der Waals surface area (Å²) < 4.78 is 31.6. The molecule has 0 amide bonds. The van der Waals surface area contributed by atoms with Crippen molar-refractivity contribution in [1.29, 1.82) is 0 Å². The standard InChI is InChI=1S/C15H22N2O4S.ClH/c1-3-21-15(18)13-4-6-14(7-5-13)22(19,20)17-9-8-12(11-17)10-16-2;/h4-7,12,16H,3,8-11H2,1-2H3;1H. The average molecular weight is 363 g/mol. The summed E-state index contributed by atoms with van der Waals surface area (Å²) in [6.45, 7) is 3.90. The molecule has 1 aromatic rings.